The van der Waals surface area contributed by atoms with Crippen LogP contribution < -0.4 is 0 Å². The number of ether oxygens (including phenoxy) is 2. The highest BCUT2D eigenvalue weighted by Crippen LogP contribution is 2.15. The van der Waals surface area contributed by atoms with Gasteiger partial charge in [0.15, 0.2) is 0 Å². The number of terminal acetylenes is 1. The van der Waals surface area contributed by atoms with E-state index >= 15 is 0 Å². The first-order chi connectivity index (χ1) is 11.0. The number of hydrogen-bond acceptors (Lipinski definition) is 4. The van der Waals surface area contributed by atoms with Crippen LogP contribution >= 0.6 is 0 Å². The Morgan fingerprint density at radius 3 is 1.67 bits per heavy atom. The molecule has 0 heterocycles. The van der Waals surface area contributed by atoms with Gasteiger partial charge < -0.3 is 9.47 Å². The van der Waals surface area contributed by atoms with Crippen molar-refractivity contribution in [2.24, 2.45) is 0 Å². The van der Waals surface area contributed by atoms with E-state index in [1.165, 1.54) is 0 Å². The fourth-order valence-corrected chi connectivity index (χ4v) is 1.92. The van der Waals surface area contributed by atoms with Gasteiger partial charge in [-0.05, 0) is 54.4 Å². The molecule has 0 aliphatic carbocycles. The molecule has 0 saturated heterocycles. The van der Waals surface area contributed by atoms with E-state index in [9.17, 15) is 9.59 Å². The highest BCUT2D eigenvalue weighted by molar-refractivity contribution is 5.88. The second-order valence-corrected chi connectivity index (χ2v) is 7.83. The van der Waals surface area contributed by atoms with Gasteiger partial charge in [0.1, 0.15) is 11.2 Å². The normalized spacial score (nSPS) is 11.5. The molecule has 0 unspecified atom stereocenters. The van der Waals surface area contributed by atoms with Crippen LogP contribution in [0.4, 0.5) is 9.59 Å². The van der Waals surface area contributed by atoms with Gasteiger partial charge in [-0.2, -0.15) is 0 Å². The molecule has 0 aromatic carbocycles. The van der Waals surface area contributed by atoms with Crippen molar-refractivity contribution in [3.05, 3.63) is 0 Å². The molecule has 2 amide bonds. The maximum Gasteiger partial charge on any atom is 0.419 e. The van der Waals surface area contributed by atoms with Crippen molar-refractivity contribution in [3.8, 4) is 12.3 Å². The SMILES string of the molecule is C#CCCCCCCCN(C(=O)OC(C)(C)C)C(=O)OC(C)(C)C. The van der Waals surface area contributed by atoms with Crippen LogP contribution in [0.5, 0.6) is 0 Å². The fourth-order valence-electron chi connectivity index (χ4n) is 1.92. The predicted molar refractivity (Wildman–Crippen MR) is 95.7 cm³/mol. The third-order valence-corrected chi connectivity index (χ3v) is 2.93. The van der Waals surface area contributed by atoms with Gasteiger partial charge in [0.05, 0.1) is 0 Å². The molecule has 0 fully saturated rings. The first kappa shape index (κ1) is 22.3. The van der Waals surface area contributed by atoms with Crippen LogP contribution in [-0.4, -0.2) is 34.8 Å². The zero-order chi connectivity index (χ0) is 18.8. The summed E-state index contributed by atoms with van der Waals surface area (Å²) in [5, 5.41) is 0. The third-order valence-electron chi connectivity index (χ3n) is 2.93. The monoisotopic (exact) mass is 339 g/mol. The second kappa shape index (κ2) is 10.2. The quantitative estimate of drug-likeness (QED) is 0.476. The molecule has 0 spiro atoms. The summed E-state index contributed by atoms with van der Waals surface area (Å²) < 4.78 is 10.6. The van der Waals surface area contributed by atoms with Crippen molar-refractivity contribution in [2.45, 2.75) is 91.3 Å². The van der Waals surface area contributed by atoms with E-state index in [1.807, 2.05) is 0 Å². The Kier molecular flexibility index (Phi) is 9.50. The molecule has 0 saturated carbocycles. The number of hydrogen-bond donors (Lipinski definition) is 0. The Balaban J connectivity index is 4.56. The van der Waals surface area contributed by atoms with Crippen molar-refractivity contribution in [2.75, 3.05) is 6.54 Å². The summed E-state index contributed by atoms with van der Waals surface area (Å²) in [4.78, 5) is 25.6. The molecule has 0 aliphatic heterocycles. The van der Waals surface area contributed by atoms with Crippen molar-refractivity contribution >= 4 is 12.2 Å². The summed E-state index contributed by atoms with van der Waals surface area (Å²) in [6, 6.07) is 0. The van der Waals surface area contributed by atoms with Gasteiger partial charge in [0.25, 0.3) is 0 Å². The van der Waals surface area contributed by atoms with Crippen molar-refractivity contribution in [3.63, 3.8) is 0 Å². The molecule has 24 heavy (non-hydrogen) atoms. The lowest BCUT2D eigenvalue weighted by atomic mass is 10.1. The predicted octanol–water partition coefficient (Wildman–Crippen LogP) is 5.13. The molecule has 0 aromatic rings. The van der Waals surface area contributed by atoms with E-state index in [2.05, 4.69) is 5.92 Å². The first-order valence-electron chi connectivity index (χ1n) is 8.63. The summed E-state index contributed by atoms with van der Waals surface area (Å²) in [5.41, 5.74) is -1.32. The average Bonchev–Trinajstić information content (AvgIpc) is 2.37. The van der Waals surface area contributed by atoms with Crippen molar-refractivity contribution in [1.29, 1.82) is 0 Å². The van der Waals surface area contributed by atoms with Crippen LogP contribution in [0.1, 0.15) is 80.1 Å². The molecule has 5 heteroatoms. The Bertz CT molecular complexity index is 410. The minimum atomic E-state index is -0.663. The van der Waals surface area contributed by atoms with Crippen LogP contribution in [0.3, 0.4) is 0 Å². The molecule has 0 aliphatic rings. The lowest BCUT2D eigenvalue weighted by Crippen LogP contribution is -2.44. The largest absolute Gasteiger partial charge is 0.443 e. The van der Waals surface area contributed by atoms with Gasteiger partial charge in [0.2, 0.25) is 0 Å². The lowest BCUT2D eigenvalue weighted by Gasteiger charge is -2.28. The minimum absolute atomic E-state index is 0.291. The van der Waals surface area contributed by atoms with Gasteiger partial charge in [-0.25, -0.2) is 14.5 Å². The van der Waals surface area contributed by atoms with E-state index in [0.29, 0.717) is 13.0 Å². The van der Waals surface area contributed by atoms with Gasteiger partial charge in [-0.1, -0.05) is 19.3 Å². The van der Waals surface area contributed by atoms with Gasteiger partial charge in [0, 0.05) is 13.0 Å². The van der Waals surface area contributed by atoms with Crippen molar-refractivity contribution in [1.82, 2.24) is 4.90 Å². The molecule has 0 radical (unpaired) electrons. The Morgan fingerprint density at radius 1 is 0.833 bits per heavy atom. The number of rotatable bonds is 7. The third kappa shape index (κ3) is 11.8. The number of imide groups is 1. The molecule has 0 bridgehead atoms. The van der Waals surface area contributed by atoms with Gasteiger partial charge >= 0.3 is 12.2 Å². The molecule has 0 atom stereocenters. The number of amides is 2. The van der Waals surface area contributed by atoms with E-state index in [0.717, 1.165) is 37.0 Å². The standard InChI is InChI=1S/C19H33NO4/c1-8-9-10-11-12-13-14-15-20(16(21)23-18(2,3)4)17(22)24-19(5,6)7/h1H,9-15H2,2-7H3. The molecule has 5 nitrogen and oxygen atoms in total. The van der Waals surface area contributed by atoms with E-state index in [4.69, 9.17) is 15.9 Å². The van der Waals surface area contributed by atoms with Crippen LogP contribution in [0, 0.1) is 12.3 Å². The summed E-state index contributed by atoms with van der Waals surface area (Å²) in [7, 11) is 0. The summed E-state index contributed by atoms with van der Waals surface area (Å²) in [6.45, 7) is 10.9. The highest BCUT2D eigenvalue weighted by atomic mass is 16.6. The molecular formula is C19H33NO4. The average molecular weight is 339 g/mol. The molecule has 0 N–H and O–H groups in total. The molecule has 0 aromatic heterocycles. The van der Waals surface area contributed by atoms with Crippen LogP contribution in [0.25, 0.3) is 0 Å². The summed E-state index contributed by atoms with van der Waals surface area (Å²) in [6.07, 6.45) is 9.42. The smallest absolute Gasteiger partial charge is 0.419 e. The van der Waals surface area contributed by atoms with Gasteiger partial charge in [-0.15, -0.1) is 12.3 Å². The van der Waals surface area contributed by atoms with Crippen LogP contribution in [-0.2, 0) is 9.47 Å². The summed E-state index contributed by atoms with van der Waals surface area (Å²) >= 11 is 0. The zero-order valence-corrected chi connectivity index (χ0v) is 16.1. The highest BCUT2D eigenvalue weighted by Gasteiger charge is 2.30. The number of carbonyl (C=O) groups is 2. The van der Waals surface area contributed by atoms with Crippen molar-refractivity contribution < 1.29 is 19.1 Å². The first-order valence-corrected chi connectivity index (χ1v) is 8.63. The minimum Gasteiger partial charge on any atom is -0.443 e. The molecule has 138 valence electrons. The lowest BCUT2D eigenvalue weighted by molar-refractivity contribution is 0.00118. The maximum absolute atomic E-state index is 12.3. The van der Waals surface area contributed by atoms with E-state index in [1.54, 1.807) is 41.5 Å². The second-order valence-electron chi connectivity index (χ2n) is 7.83. The fraction of sp³-hybridized carbons (Fsp3) is 0.789. The number of nitrogens with zero attached hydrogens (tertiary/aromatic N) is 1. The molecular weight excluding hydrogens is 306 g/mol. The Morgan fingerprint density at radius 2 is 1.25 bits per heavy atom. The zero-order valence-electron chi connectivity index (χ0n) is 16.1. The van der Waals surface area contributed by atoms with E-state index in [-0.39, 0.29) is 0 Å². The molecule has 0 rings (SSSR count). The van der Waals surface area contributed by atoms with Crippen LogP contribution in [0.15, 0.2) is 0 Å². The number of unbranched alkanes of at least 4 members (excludes halogenated alkanes) is 5. The number of carbonyl (C=O) groups excluding carboxylic acids is 2. The van der Waals surface area contributed by atoms with Gasteiger partial charge in [-0.3, -0.25) is 0 Å². The summed E-state index contributed by atoms with van der Waals surface area (Å²) in [5.74, 6) is 2.62. The topological polar surface area (TPSA) is 55.8 Å². The van der Waals surface area contributed by atoms with E-state index < -0.39 is 23.4 Å². The van der Waals surface area contributed by atoms with Crippen LogP contribution in [0.2, 0.25) is 0 Å². The Labute approximate surface area is 147 Å². The maximum atomic E-state index is 12.3. The Hall–Kier alpha value is -1.70.